The second-order valence-electron chi connectivity index (χ2n) is 7.72. The summed E-state index contributed by atoms with van der Waals surface area (Å²) < 4.78 is 5.43. The van der Waals surface area contributed by atoms with E-state index >= 15 is 0 Å². The molecule has 2 heterocycles. The number of nitrogens with zero attached hydrogens (tertiary/aromatic N) is 1. The standard InChI is InChI=1S/C18H31NO3/c1-14-13-19(17(20)12-15-4-2-3-5-15)9-8-18(14,21)16-6-10-22-11-7-16/h14-16,21H,2-13H2,1H3/t14-,18+/m1/s1. The third-order valence-electron chi connectivity index (χ3n) is 6.35. The van der Waals surface area contributed by atoms with Crippen LogP contribution in [0.3, 0.4) is 0 Å². The van der Waals surface area contributed by atoms with E-state index in [1.54, 1.807) is 0 Å². The van der Waals surface area contributed by atoms with Crippen molar-refractivity contribution in [1.82, 2.24) is 4.90 Å². The molecule has 0 aromatic rings. The van der Waals surface area contributed by atoms with Gasteiger partial charge in [0, 0.05) is 38.6 Å². The van der Waals surface area contributed by atoms with Gasteiger partial charge in [-0.05, 0) is 43.9 Å². The quantitative estimate of drug-likeness (QED) is 0.872. The zero-order chi connectivity index (χ0) is 15.6. The maximum Gasteiger partial charge on any atom is 0.222 e. The molecular weight excluding hydrogens is 278 g/mol. The SMILES string of the molecule is C[C@@H]1CN(C(=O)CC2CCCC2)CC[C@@]1(O)C1CCOCC1. The van der Waals surface area contributed by atoms with Gasteiger partial charge in [0.2, 0.25) is 5.91 Å². The van der Waals surface area contributed by atoms with Crippen molar-refractivity contribution in [2.45, 2.75) is 63.9 Å². The molecular formula is C18H31NO3. The summed E-state index contributed by atoms with van der Waals surface area (Å²) in [7, 11) is 0. The highest BCUT2D eigenvalue weighted by Crippen LogP contribution is 2.39. The molecule has 0 spiro atoms. The Morgan fingerprint density at radius 2 is 1.91 bits per heavy atom. The van der Waals surface area contributed by atoms with Gasteiger partial charge in [0.15, 0.2) is 0 Å². The molecule has 1 amide bonds. The van der Waals surface area contributed by atoms with E-state index in [4.69, 9.17) is 4.74 Å². The molecule has 126 valence electrons. The Morgan fingerprint density at radius 1 is 1.23 bits per heavy atom. The molecule has 2 aliphatic heterocycles. The molecule has 3 rings (SSSR count). The van der Waals surface area contributed by atoms with Crippen molar-refractivity contribution in [3.63, 3.8) is 0 Å². The van der Waals surface area contributed by atoms with Crippen molar-refractivity contribution in [3.8, 4) is 0 Å². The summed E-state index contributed by atoms with van der Waals surface area (Å²) in [6, 6.07) is 0. The van der Waals surface area contributed by atoms with Gasteiger partial charge in [0.25, 0.3) is 0 Å². The second kappa shape index (κ2) is 6.88. The zero-order valence-electron chi connectivity index (χ0n) is 13.9. The van der Waals surface area contributed by atoms with E-state index in [-0.39, 0.29) is 5.92 Å². The van der Waals surface area contributed by atoms with Crippen LogP contribution in [-0.4, -0.2) is 47.8 Å². The van der Waals surface area contributed by atoms with Crippen molar-refractivity contribution in [2.75, 3.05) is 26.3 Å². The van der Waals surface area contributed by atoms with Crippen LogP contribution in [0.5, 0.6) is 0 Å². The highest BCUT2D eigenvalue weighted by molar-refractivity contribution is 5.76. The first kappa shape index (κ1) is 16.3. The van der Waals surface area contributed by atoms with Crippen molar-refractivity contribution in [2.24, 2.45) is 17.8 Å². The number of likely N-dealkylation sites (tertiary alicyclic amines) is 1. The summed E-state index contributed by atoms with van der Waals surface area (Å²) in [5.74, 6) is 1.42. The van der Waals surface area contributed by atoms with Crippen LogP contribution in [0.1, 0.15) is 58.3 Å². The first-order valence-corrected chi connectivity index (χ1v) is 9.17. The van der Waals surface area contributed by atoms with Crippen molar-refractivity contribution >= 4 is 5.91 Å². The highest BCUT2D eigenvalue weighted by Gasteiger charge is 2.46. The summed E-state index contributed by atoms with van der Waals surface area (Å²) in [6.07, 6.45) is 8.39. The first-order chi connectivity index (χ1) is 10.6. The fourth-order valence-electron chi connectivity index (χ4n) is 4.76. The number of carbonyl (C=O) groups is 1. The minimum Gasteiger partial charge on any atom is -0.389 e. The van der Waals surface area contributed by atoms with Gasteiger partial charge in [-0.3, -0.25) is 4.79 Å². The van der Waals surface area contributed by atoms with E-state index in [1.807, 2.05) is 4.90 Å². The van der Waals surface area contributed by atoms with Gasteiger partial charge in [0.05, 0.1) is 5.60 Å². The zero-order valence-corrected chi connectivity index (χ0v) is 13.9. The summed E-state index contributed by atoms with van der Waals surface area (Å²) in [5, 5.41) is 11.2. The van der Waals surface area contributed by atoms with Crippen LogP contribution in [0.2, 0.25) is 0 Å². The number of amides is 1. The number of piperidine rings is 1. The van der Waals surface area contributed by atoms with E-state index in [0.717, 1.165) is 52.0 Å². The summed E-state index contributed by atoms with van der Waals surface area (Å²) in [5.41, 5.74) is -0.603. The Labute approximate surface area is 134 Å². The van der Waals surface area contributed by atoms with Crippen molar-refractivity contribution in [3.05, 3.63) is 0 Å². The fourth-order valence-corrected chi connectivity index (χ4v) is 4.76. The van der Waals surface area contributed by atoms with Crippen LogP contribution in [0.15, 0.2) is 0 Å². The third kappa shape index (κ3) is 3.33. The van der Waals surface area contributed by atoms with Gasteiger partial charge in [-0.25, -0.2) is 0 Å². The molecule has 0 unspecified atom stereocenters. The number of aliphatic hydroxyl groups is 1. The normalized spacial score (nSPS) is 35.0. The molecule has 1 aliphatic carbocycles. The molecule has 2 saturated heterocycles. The number of carbonyl (C=O) groups excluding carboxylic acids is 1. The van der Waals surface area contributed by atoms with Gasteiger partial charge in [0.1, 0.15) is 0 Å². The van der Waals surface area contributed by atoms with Crippen LogP contribution in [0.4, 0.5) is 0 Å². The van der Waals surface area contributed by atoms with E-state index in [0.29, 0.717) is 17.7 Å². The molecule has 0 aromatic carbocycles. The molecule has 2 atom stereocenters. The molecule has 4 heteroatoms. The number of hydrogen-bond acceptors (Lipinski definition) is 3. The highest BCUT2D eigenvalue weighted by atomic mass is 16.5. The Kier molecular flexibility index (Phi) is 5.08. The smallest absolute Gasteiger partial charge is 0.222 e. The predicted molar refractivity (Wildman–Crippen MR) is 85.4 cm³/mol. The summed E-state index contributed by atoms with van der Waals surface area (Å²) >= 11 is 0. The van der Waals surface area contributed by atoms with Gasteiger partial charge in [-0.15, -0.1) is 0 Å². The van der Waals surface area contributed by atoms with Crippen LogP contribution in [-0.2, 0) is 9.53 Å². The fraction of sp³-hybridized carbons (Fsp3) is 0.944. The third-order valence-corrected chi connectivity index (χ3v) is 6.35. The van der Waals surface area contributed by atoms with E-state index in [1.165, 1.54) is 25.7 Å². The Bertz CT molecular complexity index is 388. The summed E-state index contributed by atoms with van der Waals surface area (Å²) in [4.78, 5) is 14.5. The average molecular weight is 309 g/mol. The summed E-state index contributed by atoms with van der Waals surface area (Å²) in [6.45, 7) is 5.10. The van der Waals surface area contributed by atoms with Gasteiger partial charge < -0.3 is 14.7 Å². The lowest BCUT2D eigenvalue weighted by atomic mass is 9.70. The molecule has 1 saturated carbocycles. The molecule has 22 heavy (non-hydrogen) atoms. The lowest BCUT2D eigenvalue weighted by molar-refractivity contribution is -0.152. The number of rotatable bonds is 3. The monoisotopic (exact) mass is 309 g/mol. The Balaban J connectivity index is 1.55. The van der Waals surface area contributed by atoms with E-state index in [9.17, 15) is 9.90 Å². The van der Waals surface area contributed by atoms with Crippen LogP contribution in [0.25, 0.3) is 0 Å². The second-order valence-corrected chi connectivity index (χ2v) is 7.72. The number of hydrogen-bond donors (Lipinski definition) is 1. The lowest BCUT2D eigenvalue weighted by Gasteiger charge is -2.48. The largest absolute Gasteiger partial charge is 0.389 e. The maximum atomic E-state index is 12.5. The van der Waals surface area contributed by atoms with Crippen molar-refractivity contribution < 1.29 is 14.6 Å². The van der Waals surface area contributed by atoms with E-state index < -0.39 is 5.60 Å². The van der Waals surface area contributed by atoms with Crippen LogP contribution < -0.4 is 0 Å². The minimum absolute atomic E-state index is 0.164. The van der Waals surface area contributed by atoms with Gasteiger partial charge in [-0.2, -0.15) is 0 Å². The van der Waals surface area contributed by atoms with Gasteiger partial charge >= 0.3 is 0 Å². The average Bonchev–Trinajstić information content (AvgIpc) is 3.04. The predicted octanol–water partition coefficient (Wildman–Crippen LogP) is 2.59. The van der Waals surface area contributed by atoms with Crippen LogP contribution in [0, 0.1) is 17.8 Å². The maximum absolute atomic E-state index is 12.5. The molecule has 0 bridgehead atoms. The lowest BCUT2D eigenvalue weighted by Crippen LogP contribution is -2.57. The molecule has 1 N–H and O–H groups in total. The van der Waals surface area contributed by atoms with Crippen LogP contribution >= 0.6 is 0 Å². The molecule has 0 radical (unpaired) electrons. The Morgan fingerprint density at radius 3 is 2.55 bits per heavy atom. The van der Waals surface area contributed by atoms with Crippen molar-refractivity contribution in [1.29, 1.82) is 0 Å². The topological polar surface area (TPSA) is 49.8 Å². The van der Waals surface area contributed by atoms with Gasteiger partial charge in [-0.1, -0.05) is 19.8 Å². The number of ether oxygens (including phenoxy) is 1. The molecule has 4 nitrogen and oxygen atoms in total. The Hall–Kier alpha value is -0.610. The molecule has 3 aliphatic rings. The molecule has 0 aromatic heterocycles. The molecule has 3 fully saturated rings. The first-order valence-electron chi connectivity index (χ1n) is 9.17. The van der Waals surface area contributed by atoms with E-state index in [2.05, 4.69) is 6.92 Å². The minimum atomic E-state index is -0.603.